The van der Waals surface area contributed by atoms with Gasteiger partial charge in [0.25, 0.3) is 0 Å². The van der Waals surface area contributed by atoms with Crippen LogP contribution in [0.2, 0.25) is 0 Å². The second kappa shape index (κ2) is 9.33. The Morgan fingerprint density at radius 1 is 1.10 bits per heavy atom. The molecule has 3 N–H and O–H groups in total. The monoisotopic (exact) mass is 395 g/mol. The molecule has 6 heteroatoms. The number of carbonyl (C=O) groups excluding carboxylic acids is 1. The number of anilines is 1. The Hall–Kier alpha value is -2.50. The summed E-state index contributed by atoms with van der Waals surface area (Å²) in [5, 5.41) is 10.1. The Labute approximate surface area is 173 Å². The van der Waals surface area contributed by atoms with Crippen molar-refractivity contribution in [2.45, 2.75) is 57.2 Å². The molecule has 2 aliphatic carbocycles. The Morgan fingerprint density at radius 3 is 2.69 bits per heavy atom. The van der Waals surface area contributed by atoms with E-state index in [1.807, 2.05) is 7.05 Å². The summed E-state index contributed by atoms with van der Waals surface area (Å²) in [6.45, 7) is 2.70. The van der Waals surface area contributed by atoms with Gasteiger partial charge in [0, 0.05) is 50.4 Å². The van der Waals surface area contributed by atoms with E-state index in [2.05, 4.69) is 62.3 Å². The molecule has 2 unspecified atom stereocenters. The topological polar surface area (TPSA) is 68.8 Å². The number of hydrogen-bond acceptors (Lipinski definition) is 3. The second-order valence-electron chi connectivity index (χ2n) is 8.46. The highest BCUT2D eigenvalue weighted by Crippen LogP contribution is 2.27. The van der Waals surface area contributed by atoms with Crippen LogP contribution < -0.4 is 20.9 Å². The van der Waals surface area contributed by atoms with E-state index in [1.54, 1.807) is 0 Å². The highest BCUT2D eigenvalue weighted by molar-refractivity contribution is 5.81. The van der Waals surface area contributed by atoms with Gasteiger partial charge in [-0.1, -0.05) is 30.7 Å². The lowest BCUT2D eigenvalue weighted by atomic mass is 9.85. The Morgan fingerprint density at radius 2 is 1.93 bits per heavy atom. The lowest BCUT2D eigenvalue weighted by molar-refractivity contribution is -0.126. The maximum absolute atomic E-state index is 12.4. The molecule has 1 heterocycles. The van der Waals surface area contributed by atoms with Crippen LogP contribution in [-0.4, -0.2) is 44.1 Å². The Bertz CT molecular complexity index is 762. The number of guanidine groups is 1. The molecule has 3 aliphatic rings. The third-order valence-corrected chi connectivity index (χ3v) is 6.09. The van der Waals surface area contributed by atoms with Crippen LogP contribution in [0.25, 0.3) is 0 Å². The van der Waals surface area contributed by atoms with Gasteiger partial charge in [-0.2, -0.15) is 0 Å². The van der Waals surface area contributed by atoms with Crippen molar-refractivity contribution in [1.29, 1.82) is 0 Å². The van der Waals surface area contributed by atoms with Crippen LogP contribution in [0.4, 0.5) is 5.69 Å². The average molecular weight is 396 g/mol. The van der Waals surface area contributed by atoms with E-state index in [0.717, 1.165) is 64.1 Å². The van der Waals surface area contributed by atoms with Crippen molar-refractivity contribution in [3.8, 4) is 0 Å². The van der Waals surface area contributed by atoms with Gasteiger partial charge in [0.15, 0.2) is 5.96 Å². The van der Waals surface area contributed by atoms with Gasteiger partial charge in [0.2, 0.25) is 5.91 Å². The van der Waals surface area contributed by atoms with E-state index >= 15 is 0 Å². The van der Waals surface area contributed by atoms with Crippen LogP contribution >= 0.6 is 0 Å². The molecule has 1 aromatic rings. The van der Waals surface area contributed by atoms with E-state index < -0.39 is 0 Å². The summed E-state index contributed by atoms with van der Waals surface area (Å²) in [6, 6.07) is 9.41. The number of aliphatic imine (C=N–C) groups is 1. The Balaban J connectivity index is 1.27. The lowest BCUT2D eigenvalue weighted by Crippen LogP contribution is -2.47. The molecule has 29 heavy (non-hydrogen) atoms. The van der Waals surface area contributed by atoms with Gasteiger partial charge in [-0.25, -0.2) is 0 Å². The molecule has 1 aliphatic heterocycles. The van der Waals surface area contributed by atoms with Crippen LogP contribution in [0.3, 0.4) is 0 Å². The molecule has 0 saturated heterocycles. The van der Waals surface area contributed by atoms with Crippen molar-refractivity contribution in [2.24, 2.45) is 10.9 Å². The molecule has 0 bridgehead atoms. The second-order valence-corrected chi connectivity index (χ2v) is 8.46. The smallest absolute Gasteiger partial charge is 0.223 e. The van der Waals surface area contributed by atoms with Gasteiger partial charge in [-0.05, 0) is 49.8 Å². The van der Waals surface area contributed by atoms with Crippen LogP contribution in [0.5, 0.6) is 0 Å². The van der Waals surface area contributed by atoms with E-state index in [-0.39, 0.29) is 11.8 Å². The first-order valence-electron chi connectivity index (χ1n) is 11.0. The molecule has 156 valence electrons. The quantitative estimate of drug-likeness (QED) is 0.393. The fraction of sp³-hybridized carbons (Fsp3) is 0.565. The van der Waals surface area contributed by atoms with Crippen LogP contribution in [0.15, 0.2) is 41.4 Å². The molecule has 0 spiro atoms. The molecule has 1 aromatic carbocycles. The minimum Gasteiger partial charge on any atom is -0.364 e. The first-order chi connectivity index (χ1) is 14.2. The molecule has 0 radical (unpaired) electrons. The summed E-state index contributed by atoms with van der Waals surface area (Å²) in [4.78, 5) is 19.2. The van der Waals surface area contributed by atoms with Crippen molar-refractivity contribution in [2.75, 3.05) is 25.0 Å². The molecule has 0 aromatic heterocycles. The molecule has 6 nitrogen and oxygen atoms in total. The lowest BCUT2D eigenvalue weighted by Gasteiger charge is -2.30. The van der Waals surface area contributed by atoms with Gasteiger partial charge in [-0.15, -0.1) is 0 Å². The highest BCUT2D eigenvalue weighted by atomic mass is 16.2. The zero-order valence-corrected chi connectivity index (χ0v) is 17.4. The molecule has 2 saturated carbocycles. The summed E-state index contributed by atoms with van der Waals surface area (Å²) < 4.78 is 0. The summed E-state index contributed by atoms with van der Waals surface area (Å²) >= 11 is 0. The fourth-order valence-corrected chi connectivity index (χ4v) is 4.23. The zero-order chi connectivity index (χ0) is 20.1. The summed E-state index contributed by atoms with van der Waals surface area (Å²) in [5.41, 5.74) is 2.50. The standard InChI is InChI=1S/C23H33N5O/c1-24-23(25-16-17-6-4-9-21(14-17)28-12-2-3-13-28)27-20-8-5-7-18(15-20)22(29)26-19-10-11-19/h2-4,6,9,14,18-20H,5,7-8,10-13,15-16H2,1H3,(H,26,29)(H2,24,25,27). The summed E-state index contributed by atoms with van der Waals surface area (Å²) in [6.07, 6.45) is 10.8. The zero-order valence-electron chi connectivity index (χ0n) is 17.4. The Kier molecular flexibility index (Phi) is 6.37. The molecular formula is C23H33N5O. The normalized spacial score (nSPS) is 24.4. The fourth-order valence-electron chi connectivity index (χ4n) is 4.23. The van der Waals surface area contributed by atoms with Crippen molar-refractivity contribution in [1.82, 2.24) is 16.0 Å². The van der Waals surface area contributed by atoms with Gasteiger partial charge < -0.3 is 20.9 Å². The average Bonchev–Trinajstić information content (AvgIpc) is 3.39. The maximum atomic E-state index is 12.4. The number of rotatable bonds is 6. The van der Waals surface area contributed by atoms with Gasteiger partial charge in [0.05, 0.1) is 0 Å². The van der Waals surface area contributed by atoms with E-state index in [0.29, 0.717) is 12.1 Å². The molecule has 1 amide bonds. The van der Waals surface area contributed by atoms with E-state index in [1.165, 1.54) is 11.3 Å². The molecular weight excluding hydrogens is 362 g/mol. The third-order valence-electron chi connectivity index (χ3n) is 6.09. The molecule has 2 atom stereocenters. The predicted molar refractivity (Wildman–Crippen MR) is 118 cm³/mol. The first-order valence-corrected chi connectivity index (χ1v) is 11.0. The highest BCUT2D eigenvalue weighted by Gasteiger charge is 2.31. The summed E-state index contributed by atoms with van der Waals surface area (Å²) in [5.74, 6) is 1.19. The van der Waals surface area contributed by atoms with E-state index in [9.17, 15) is 4.79 Å². The molecule has 4 rings (SSSR count). The minimum absolute atomic E-state index is 0.130. The van der Waals surface area contributed by atoms with Crippen LogP contribution in [-0.2, 0) is 11.3 Å². The van der Waals surface area contributed by atoms with E-state index in [4.69, 9.17) is 0 Å². The number of carbonyl (C=O) groups is 1. The van der Waals surface area contributed by atoms with Crippen molar-refractivity contribution in [3.63, 3.8) is 0 Å². The SMILES string of the molecule is CN=C(NCc1cccc(N2CC=CC2)c1)NC1CCCC(C(=O)NC2CC2)C1. The maximum Gasteiger partial charge on any atom is 0.223 e. The van der Waals surface area contributed by atoms with Crippen LogP contribution in [0, 0.1) is 5.92 Å². The number of nitrogens with zero attached hydrogens (tertiary/aromatic N) is 2. The van der Waals surface area contributed by atoms with Gasteiger partial charge >= 0.3 is 0 Å². The number of nitrogens with one attached hydrogen (secondary N) is 3. The number of amides is 1. The van der Waals surface area contributed by atoms with Gasteiger partial charge in [0.1, 0.15) is 0 Å². The van der Waals surface area contributed by atoms with Gasteiger partial charge in [-0.3, -0.25) is 9.79 Å². The summed E-state index contributed by atoms with van der Waals surface area (Å²) in [7, 11) is 1.81. The third kappa shape index (κ3) is 5.52. The molecule has 2 fully saturated rings. The minimum atomic E-state index is 0.130. The number of hydrogen-bond donors (Lipinski definition) is 3. The largest absolute Gasteiger partial charge is 0.364 e. The first kappa shape index (κ1) is 19.8. The van der Waals surface area contributed by atoms with Crippen molar-refractivity contribution in [3.05, 3.63) is 42.0 Å². The van der Waals surface area contributed by atoms with Crippen molar-refractivity contribution >= 4 is 17.6 Å². The van der Waals surface area contributed by atoms with Crippen molar-refractivity contribution < 1.29 is 4.79 Å². The number of benzene rings is 1. The predicted octanol–water partition coefficient (Wildman–Crippen LogP) is 2.57. The van der Waals surface area contributed by atoms with Crippen LogP contribution in [0.1, 0.15) is 44.1 Å².